The number of ether oxygens (including phenoxy) is 1. The molecule has 0 radical (unpaired) electrons. The predicted molar refractivity (Wildman–Crippen MR) is 97.2 cm³/mol. The molecule has 2 aromatic rings. The molecular formula is C19H25FN4O2. The second-order valence-electron chi connectivity index (χ2n) is 6.94. The molecular weight excluding hydrogens is 335 g/mol. The molecule has 2 N–H and O–H groups in total. The Morgan fingerprint density at radius 1 is 1.42 bits per heavy atom. The average molecular weight is 360 g/mol. The highest BCUT2D eigenvalue weighted by atomic mass is 19.1. The van der Waals surface area contributed by atoms with Crippen LogP contribution < -0.4 is 10.1 Å². The van der Waals surface area contributed by atoms with Crippen molar-refractivity contribution in [3.05, 3.63) is 35.8 Å². The first kappa shape index (κ1) is 18.4. The molecule has 6 nitrogen and oxygen atoms in total. The maximum absolute atomic E-state index is 14.5. The summed E-state index contributed by atoms with van der Waals surface area (Å²) >= 11 is 0. The van der Waals surface area contributed by atoms with Crippen LogP contribution in [-0.2, 0) is 11.3 Å². The molecule has 0 bridgehead atoms. The summed E-state index contributed by atoms with van der Waals surface area (Å²) in [5.74, 6) is 0.241. The minimum Gasteiger partial charge on any atom is -0.497 e. The van der Waals surface area contributed by atoms with E-state index in [2.05, 4.69) is 34.3 Å². The number of methoxy groups -OCH3 is 1. The molecule has 2 heterocycles. The zero-order valence-electron chi connectivity index (χ0n) is 15.4. The van der Waals surface area contributed by atoms with E-state index in [1.165, 1.54) is 13.2 Å². The third-order valence-corrected chi connectivity index (χ3v) is 4.81. The molecule has 1 aromatic carbocycles. The standard InChI is InChI=1S/C19H25FN4O2/c1-12(2)24(11-14-4-7-18(25)22-14)10-13-9-21-23-19(13)16-6-5-15(26-3)8-17(16)20/h5-6,8-9,12,14H,4,7,10-11H2,1-3H3,(H,21,23)(H,22,25)/t14-/m0/s1. The number of rotatable bonds is 7. The number of halogens is 1. The highest BCUT2D eigenvalue weighted by Crippen LogP contribution is 2.28. The van der Waals surface area contributed by atoms with E-state index in [1.807, 2.05) is 0 Å². The number of H-pyrrole nitrogens is 1. The fraction of sp³-hybridized carbons (Fsp3) is 0.474. The van der Waals surface area contributed by atoms with Gasteiger partial charge in [-0.15, -0.1) is 0 Å². The third-order valence-electron chi connectivity index (χ3n) is 4.81. The van der Waals surface area contributed by atoms with Gasteiger partial charge in [0.2, 0.25) is 5.91 Å². The van der Waals surface area contributed by atoms with Crippen LogP contribution in [0.15, 0.2) is 24.4 Å². The quantitative estimate of drug-likeness (QED) is 0.796. The van der Waals surface area contributed by atoms with Crippen LogP contribution in [0.2, 0.25) is 0 Å². The first-order chi connectivity index (χ1) is 12.5. The molecule has 1 aromatic heterocycles. The predicted octanol–water partition coefficient (Wildman–Crippen LogP) is 2.71. The lowest BCUT2D eigenvalue weighted by Crippen LogP contribution is -2.41. The number of benzene rings is 1. The van der Waals surface area contributed by atoms with Crippen molar-refractivity contribution in [2.45, 2.75) is 45.3 Å². The van der Waals surface area contributed by atoms with Crippen LogP contribution in [0.5, 0.6) is 5.75 Å². The monoisotopic (exact) mass is 360 g/mol. The number of carbonyl (C=O) groups excluding carboxylic acids is 1. The van der Waals surface area contributed by atoms with Gasteiger partial charge in [0.1, 0.15) is 11.6 Å². The van der Waals surface area contributed by atoms with Crippen LogP contribution in [0.4, 0.5) is 4.39 Å². The summed E-state index contributed by atoms with van der Waals surface area (Å²) < 4.78 is 19.5. The maximum atomic E-state index is 14.5. The van der Waals surface area contributed by atoms with Gasteiger partial charge >= 0.3 is 0 Å². The van der Waals surface area contributed by atoms with E-state index in [9.17, 15) is 9.18 Å². The van der Waals surface area contributed by atoms with Crippen LogP contribution in [0.1, 0.15) is 32.3 Å². The average Bonchev–Trinajstić information content (AvgIpc) is 3.23. The lowest BCUT2D eigenvalue weighted by Gasteiger charge is -2.29. The van der Waals surface area contributed by atoms with Gasteiger partial charge in [0, 0.05) is 48.8 Å². The minimum atomic E-state index is -0.353. The molecule has 0 aliphatic carbocycles. The summed E-state index contributed by atoms with van der Waals surface area (Å²) in [4.78, 5) is 13.7. The van der Waals surface area contributed by atoms with Crippen molar-refractivity contribution in [2.24, 2.45) is 0 Å². The molecule has 1 atom stereocenters. The topological polar surface area (TPSA) is 70.2 Å². The normalized spacial score (nSPS) is 17.2. The molecule has 7 heteroatoms. The Labute approximate surface area is 152 Å². The Hall–Kier alpha value is -2.41. The van der Waals surface area contributed by atoms with Gasteiger partial charge in [-0.25, -0.2) is 4.39 Å². The van der Waals surface area contributed by atoms with Crippen molar-refractivity contribution in [1.82, 2.24) is 20.4 Å². The number of hydrogen-bond acceptors (Lipinski definition) is 4. The van der Waals surface area contributed by atoms with E-state index in [-0.39, 0.29) is 23.8 Å². The van der Waals surface area contributed by atoms with Crippen molar-refractivity contribution < 1.29 is 13.9 Å². The number of carbonyl (C=O) groups is 1. The molecule has 1 aliphatic heterocycles. The zero-order valence-corrected chi connectivity index (χ0v) is 15.4. The summed E-state index contributed by atoms with van der Waals surface area (Å²) in [7, 11) is 1.51. The highest BCUT2D eigenvalue weighted by Gasteiger charge is 2.25. The van der Waals surface area contributed by atoms with E-state index in [4.69, 9.17) is 4.74 Å². The van der Waals surface area contributed by atoms with E-state index >= 15 is 0 Å². The van der Waals surface area contributed by atoms with Gasteiger partial charge in [-0.3, -0.25) is 14.8 Å². The van der Waals surface area contributed by atoms with E-state index in [0.29, 0.717) is 30.0 Å². The first-order valence-corrected chi connectivity index (χ1v) is 8.87. The van der Waals surface area contributed by atoms with Gasteiger partial charge < -0.3 is 10.1 Å². The Morgan fingerprint density at radius 3 is 2.85 bits per heavy atom. The number of amides is 1. The molecule has 1 aliphatic rings. The molecule has 0 saturated carbocycles. The first-order valence-electron chi connectivity index (χ1n) is 8.87. The van der Waals surface area contributed by atoms with Crippen LogP contribution in [-0.4, -0.2) is 46.7 Å². The number of aromatic nitrogens is 2. The van der Waals surface area contributed by atoms with Crippen LogP contribution in [0.3, 0.4) is 0 Å². The summed E-state index contributed by atoms with van der Waals surface area (Å²) in [5, 5.41) is 10.0. The smallest absolute Gasteiger partial charge is 0.220 e. The second kappa shape index (κ2) is 7.86. The Kier molecular flexibility index (Phi) is 5.56. The summed E-state index contributed by atoms with van der Waals surface area (Å²) in [5.41, 5.74) is 2.06. The van der Waals surface area contributed by atoms with Crippen LogP contribution in [0.25, 0.3) is 11.3 Å². The Morgan fingerprint density at radius 2 is 2.23 bits per heavy atom. The number of hydrogen-bond donors (Lipinski definition) is 2. The van der Waals surface area contributed by atoms with Crippen molar-refractivity contribution >= 4 is 5.91 Å². The number of nitrogens with one attached hydrogen (secondary N) is 2. The lowest BCUT2D eigenvalue weighted by molar-refractivity contribution is -0.119. The number of nitrogens with zero attached hydrogens (tertiary/aromatic N) is 2. The molecule has 3 rings (SSSR count). The number of aromatic amines is 1. The zero-order chi connectivity index (χ0) is 18.7. The van der Waals surface area contributed by atoms with Gasteiger partial charge in [-0.05, 0) is 32.4 Å². The van der Waals surface area contributed by atoms with Crippen LogP contribution >= 0.6 is 0 Å². The van der Waals surface area contributed by atoms with Gasteiger partial charge in [0.15, 0.2) is 0 Å². The molecule has 1 amide bonds. The van der Waals surface area contributed by atoms with E-state index < -0.39 is 0 Å². The Bertz CT molecular complexity index is 775. The van der Waals surface area contributed by atoms with Crippen molar-refractivity contribution in [3.8, 4) is 17.0 Å². The summed E-state index contributed by atoms with van der Waals surface area (Å²) in [6.07, 6.45) is 3.18. The van der Waals surface area contributed by atoms with E-state index in [0.717, 1.165) is 18.5 Å². The van der Waals surface area contributed by atoms with Crippen molar-refractivity contribution in [1.29, 1.82) is 0 Å². The third kappa shape index (κ3) is 4.04. The molecule has 0 unspecified atom stereocenters. The van der Waals surface area contributed by atoms with Crippen LogP contribution in [0, 0.1) is 5.82 Å². The summed E-state index contributed by atoms with van der Waals surface area (Å²) in [6, 6.07) is 5.25. The van der Waals surface area contributed by atoms with Gasteiger partial charge in [-0.2, -0.15) is 5.10 Å². The largest absolute Gasteiger partial charge is 0.497 e. The van der Waals surface area contributed by atoms with Crippen molar-refractivity contribution in [3.63, 3.8) is 0 Å². The molecule has 0 spiro atoms. The molecule has 1 fully saturated rings. The fourth-order valence-electron chi connectivity index (χ4n) is 3.26. The van der Waals surface area contributed by atoms with Gasteiger partial charge in [0.05, 0.1) is 19.0 Å². The minimum absolute atomic E-state index is 0.114. The Balaban J connectivity index is 1.79. The van der Waals surface area contributed by atoms with Gasteiger partial charge in [0.25, 0.3) is 0 Å². The second-order valence-corrected chi connectivity index (χ2v) is 6.94. The maximum Gasteiger partial charge on any atom is 0.220 e. The van der Waals surface area contributed by atoms with Crippen molar-refractivity contribution in [2.75, 3.05) is 13.7 Å². The molecule has 1 saturated heterocycles. The summed E-state index contributed by atoms with van der Waals surface area (Å²) in [6.45, 7) is 5.62. The molecule has 140 valence electrons. The molecule has 26 heavy (non-hydrogen) atoms. The fourth-order valence-corrected chi connectivity index (χ4v) is 3.26. The van der Waals surface area contributed by atoms with Gasteiger partial charge in [-0.1, -0.05) is 0 Å². The highest BCUT2D eigenvalue weighted by molar-refractivity contribution is 5.78. The van der Waals surface area contributed by atoms with E-state index in [1.54, 1.807) is 18.3 Å². The SMILES string of the molecule is COc1ccc(-c2[nH]ncc2CN(C[C@@H]2CCC(=O)N2)C(C)C)c(F)c1. The lowest BCUT2D eigenvalue weighted by atomic mass is 10.1.